The van der Waals surface area contributed by atoms with Crippen molar-refractivity contribution in [3.8, 4) is 5.69 Å². The van der Waals surface area contributed by atoms with E-state index in [0.717, 1.165) is 41.2 Å². The van der Waals surface area contributed by atoms with Crippen molar-refractivity contribution in [1.29, 1.82) is 0 Å². The van der Waals surface area contributed by atoms with Crippen molar-refractivity contribution < 1.29 is 4.79 Å². The van der Waals surface area contributed by atoms with E-state index < -0.39 is 0 Å². The number of amides is 1. The van der Waals surface area contributed by atoms with Gasteiger partial charge in [0, 0.05) is 42.7 Å². The number of anilines is 1. The third kappa shape index (κ3) is 4.73. The number of fused-ring (bicyclic) bond motifs is 1. The number of rotatable bonds is 6. The highest BCUT2D eigenvalue weighted by molar-refractivity contribution is 6.30. The fraction of sp³-hybridized carbons (Fsp3) is 0.333. The number of para-hydroxylation sites is 1. The van der Waals surface area contributed by atoms with Gasteiger partial charge in [0.1, 0.15) is 11.6 Å². The molecule has 0 aliphatic carbocycles. The van der Waals surface area contributed by atoms with E-state index >= 15 is 0 Å². The van der Waals surface area contributed by atoms with Gasteiger partial charge in [-0.05, 0) is 42.8 Å². The van der Waals surface area contributed by atoms with Gasteiger partial charge >= 0.3 is 0 Å². The van der Waals surface area contributed by atoms with Crippen molar-refractivity contribution >= 4 is 34.4 Å². The van der Waals surface area contributed by atoms with Gasteiger partial charge in [-0.2, -0.15) is 5.10 Å². The number of benzene rings is 2. The summed E-state index contributed by atoms with van der Waals surface area (Å²) in [5.41, 5.74) is 2.45. The van der Waals surface area contributed by atoms with Crippen molar-refractivity contribution in [2.24, 2.45) is 0 Å². The second-order valence-corrected chi connectivity index (χ2v) is 9.45. The van der Waals surface area contributed by atoms with Gasteiger partial charge in [-0.25, -0.2) is 14.6 Å². The molecule has 8 heteroatoms. The van der Waals surface area contributed by atoms with Crippen LogP contribution >= 0.6 is 11.6 Å². The third-order valence-corrected chi connectivity index (χ3v) is 6.80. The number of nitrogens with zero attached hydrogens (tertiary/aromatic N) is 6. The number of carbonyl (C=O) groups is 1. The summed E-state index contributed by atoms with van der Waals surface area (Å²) >= 11 is 5.98. The Morgan fingerprint density at radius 3 is 2.40 bits per heavy atom. The van der Waals surface area contributed by atoms with Crippen molar-refractivity contribution in [2.45, 2.75) is 32.6 Å². The van der Waals surface area contributed by atoms with Crippen LogP contribution in [0.5, 0.6) is 0 Å². The zero-order chi connectivity index (χ0) is 24.4. The highest BCUT2D eigenvalue weighted by atomic mass is 35.5. The standard InChI is InChI=1S/C27H29ClN6O/c1-3-7-19(2)24-30-25(23-18-29-34(26(23)31-24)22-8-5-4-6-9-22)32-14-16-33(17-15-32)27(35)20-10-12-21(28)13-11-20/h4-6,8-13,18-19H,3,7,14-17H2,1-2H3/t19-/m1/s1. The molecule has 2 aromatic heterocycles. The van der Waals surface area contributed by atoms with Crippen LogP contribution in [0.1, 0.15) is 48.8 Å². The zero-order valence-corrected chi connectivity index (χ0v) is 20.8. The Hall–Kier alpha value is -3.45. The molecule has 1 aliphatic rings. The molecule has 0 radical (unpaired) electrons. The van der Waals surface area contributed by atoms with E-state index in [1.54, 1.807) is 24.3 Å². The number of piperazine rings is 1. The summed E-state index contributed by atoms with van der Waals surface area (Å²) in [6.45, 7) is 7.01. The highest BCUT2D eigenvalue weighted by Crippen LogP contribution is 2.30. The van der Waals surface area contributed by atoms with Gasteiger partial charge < -0.3 is 9.80 Å². The van der Waals surface area contributed by atoms with Crippen LogP contribution in [0.4, 0.5) is 5.82 Å². The molecule has 180 valence electrons. The highest BCUT2D eigenvalue weighted by Gasteiger charge is 2.26. The van der Waals surface area contributed by atoms with Crippen LogP contribution < -0.4 is 4.90 Å². The molecule has 2 aromatic carbocycles. The van der Waals surface area contributed by atoms with Crippen molar-refractivity contribution in [3.63, 3.8) is 0 Å². The second-order valence-electron chi connectivity index (χ2n) is 9.01. The summed E-state index contributed by atoms with van der Waals surface area (Å²) in [5, 5.41) is 6.23. The van der Waals surface area contributed by atoms with Crippen molar-refractivity contribution in [3.05, 3.63) is 77.2 Å². The number of carbonyl (C=O) groups excluding carboxylic acids is 1. The molecule has 7 nitrogen and oxygen atoms in total. The number of halogens is 1. The Labute approximate surface area is 210 Å². The molecule has 1 saturated heterocycles. The fourth-order valence-electron chi connectivity index (χ4n) is 4.59. The SMILES string of the molecule is CCC[C@@H](C)c1nc(N2CCN(C(=O)c3ccc(Cl)cc3)CC2)c2cnn(-c3ccccc3)c2n1. The largest absolute Gasteiger partial charge is 0.352 e. The zero-order valence-electron chi connectivity index (χ0n) is 20.1. The van der Waals surface area contributed by atoms with Gasteiger partial charge in [0.15, 0.2) is 5.65 Å². The van der Waals surface area contributed by atoms with Gasteiger partial charge in [0.05, 0.1) is 17.3 Å². The molecule has 0 unspecified atom stereocenters. The summed E-state index contributed by atoms with van der Waals surface area (Å²) in [6.07, 6.45) is 3.95. The van der Waals surface area contributed by atoms with Gasteiger partial charge in [-0.15, -0.1) is 0 Å². The first-order valence-corrected chi connectivity index (χ1v) is 12.5. The molecule has 0 N–H and O–H groups in total. The van der Waals surface area contributed by atoms with Gasteiger partial charge in [0.2, 0.25) is 0 Å². The molecule has 1 fully saturated rings. The second kappa shape index (κ2) is 10.0. The Bertz CT molecular complexity index is 1310. The van der Waals surface area contributed by atoms with Crippen LogP contribution in [0.3, 0.4) is 0 Å². The Kier molecular flexibility index (Phi) is 6.68. The minimum atomic E-state index is 0.0308. The summed E-state index contributed by atoms with van der Waals surface area (Å²) in [7, 11) is 0. The molecule has 0 spiro atoms. The van der Waals surface area contributed by atoms with Crippen molar-refractivity contribution in [1.82, 2.24) is 24.6 Å². The first-order chi connectivity index (χ1) is 17.0. The lowest BCUT2D eigenvalue weighted by atomic mass is 10.1. The van der Waals surface area contributed by atoms with E-state index in [2.05, 4.69) is 23.8 Å². The molecule has 0 bridgehead atoms. The molecule has 0 saturated carbocycles. The minimum absolute atomic E-state index is 0.0308. The van der Waals surface area contributed by atoms with Crippen LogP contribution in [0.15, 0.2) is 60.8 Å². The van der Waals surface area contributed by atoms with Crippen LogP contribution in [-0.4, -0.2) is 56.7 Å². The average Bonchev–Trinajstić information content (AvgIpc) is 3.33. The first kappa shape index (κ1) is 23.3. The topological polar surface area (TPSA) is 67.2 Å². The molecule has 5 rings (SSSR count). The first-order valence-electron chi connectivity index (χ1n) is 12.2. The number of hydrogen-bond donors (Lipinski definition) is 0. The molecular formula is C27H29ClN6O. The predicted molar refractivity (Wildman–Crippen MR) is 140 cm³/mol. The normalized spacial score (nSPS) is 14.9. The van der Waals surface area contributed by atoms with Gasteiger partial charge in [-0.3, -0.25) is 4.79 Å². The maximum absolute atomic E-state index is 13.0. The van der Waals surface area contributed by atoms with E-state index in [-0.39, 0.29) is 11.8 Å². The number of aromatic nitrogens is 4. The summed E-state index contributed by atoms with van der Waals surface area (Å²) in [5.74, 6) is 2.01. The predicted octanol–water partition coefficient (Wildman–Crippen LogP) is 5.33. The summed E-state index contributed by atoms with van der Waals surface area (Å²) < 4.78 is 1.89. The molecular weight excluding hydrogens is 460 g/mol. The quantitative estimate of drug-likeness (QED) is 0.366. The smallest absolute Gasteiger partial charge is 0.253 e. The van der Waals surface area contributed by atoms with E-state index in [9.17, 15) is 4.79 Å². The lowest BCUT2D eigenvalue weighted by Crippen LogP contribution is -2.49. The van der Waals surface area contributed by atoms with E-state index in [4.69, 9.17) is 21.6 Å². The van der Waals surface area contributed by atoms with Crippen LogP contribution in [0.25, 0.3) is 16.7 Å². The van der Waals surface area contributed by atoms with Crippen molar-refractivity contribution in [2.75, 3.05) is 31.1 Å². The lowest BCUT2D eigenvalue weighted by Gasteiger charge is -2.36. The Morgan fingerprint density at radius 2 is 1.71 bits per heavy atom. The van der Waals surface area contributed by atoms with Gasteiger partial charge in [0.25, 0.3) is 5.91 Å². The molecule has 35 heavy (non-hydrogen) atoms. The molecule has 3 heterocycles. The monoisotopic (exact) mass is 488 g/mol. The Morgan fingerprint density at radius 1 is 1.00 bits per heavy atom. The van der Waals surface area contributed by atoms with E-state index in [1.165, 1.54) is 0 Å². The maximum Gasteiger partial charge on any atom is 0.253 e. The van der Waals surface area contributed by atoms with Crippen LogP contribution in [0, 0.1) is 0 Å². The molecule has 1 atom stereocenters. The lowest BCUT2D eigenvalue weighted by molar-refractivity contribution is 0.0746. The maximum atomic E-state index is 13.0. The number of hydrogen-bond acceptors (Lipinski definition) is 5. The molecule has 4 aromatic rings. The molecule has 1 aliphatic heterocycles. The van der Waals surface area contributed by atoms with E-state index in [1.807, 2.05) is 46.1 Å². The third-order valence-electron chi connectivity index (χ3n) is 6.55. The average molecular weight is 489 g/mol. The minimum Gasteiger partial charge on any atom is -0.352 e. The van der Waals surface area contributed by atoms with Crippen LogP contribution in [-0.2, 0) is 0 Å². The van der Waals surface area contributed by atoms with E-state index in [0.29, 0.717) is 36.8 Å². The van der Waals surface area contributed by atoms with Gasteiger partial charge in [-0.1, -0.05) is 50.1 Å². The summed E-state index contributed by atoms with van der Waals surface area (Å²) in [4.78, 5) is 27.1. The fourth-order valence-corrected chi connectivity index (χ4v) is 4.71. The Balaban J connectivity index is 1.45. The molecule has 1 amide bonds. The van der Waals surface area contributed by atoms with Crippen LogP contribution in [0.2, 0.25) is 5.02 Å². The summed E-state index contributed by atoms with van der Waals surface area (Å²) in [6, 6.07) is 17.1.